The van der Waals surface area contributed by atoms with Crippen LogP contribution in [-0.4, -0.2) is 29.1 Å². The summed E-state index contributed by atoms with van der Waals surface area (Å²) >= 11 is 0. The van der Waals surface area contributed by atoms with Crippen molar-refractivity contribution in [3.8, 4) is 0 Å². The van der Waals surface area contributed by atoms with Gasteiger partial charge in [0.15, 0.2) is 0 Å². The topological polar surface area (TPSA) is 8.17 Å². The number of piperidine rings is 1. The van der Waals surface area contributed by atoms with E-state index < -0.39 is 0 Å². The zero-order valence-electron chi connectivity index (χ0n) is 17.3. The largest absolute Gasteiger partial charge is 0.347 e. The summed E-state index contributed by atoms with van der Waals surface area (Å²) in [6, 6.07) is 19.8. The third kappa shape index (κ3) is 4.67. The van der Waals surface area contributed by atoms with Crippen LogP contribution in [0, 0.1) is 5.92 Å². The molecule has 1 aromatic heterocycles. The SMILES string of the molecule is CCCCCN1CCC(Cn2cc(Cc3ccccc3)c3ccccc32)CC1. The molecule has 0 spiro atoms. The molecule has 0 N–H and O–H groups in total. The lowest BCUT2D eigenvalue weighted by Gasteiger charge is -2.32. The monoisotopic (exact) mass is 374 g/mol. The van der Waals surface area contributed by atoms with Crippen molar-refractivity contribution in [2.24, 2.45) is 5.92 Å². The zero-order valence-corrected chi connectivity index (χ0v) is 17.3. The molecule has 1 aliphatic rings. The molecule has 1 saturated heterocycles. The first-order valence-corrected chi connectivity index (χ1v) is 11.2. The molecule has 28 heavy (non-hydrogen) atoms. The highest BCUT2D eigenvalue weighted by atomic mass is 15.1. The van der Waals surface area contributed by atoms with Crippen molar-refractivity contribution >= 4 is 10.9 Å². The van der Waals surface area contributed by atoms with Gasteiger partial charge in [-0.15, -0.1) is 0 Å². The Morgan fingerprint density at radius 2 is 1.64 bits per heavy atom. The third-order valence-electron chi connectivity index (χ3n) is 6.35. The van der Waals surface area contributed by atoms with Gasteiger partial charge in [-0.05, 0) is 68.4 Å². The number of unbranched alkanes of at least 4 members (excludes halogenated alkanes) is 2. The maximum Gasteiger partial charge on any atom is 0.0483 e. The molecule has 0 atom stereocenters. The lowest BCUT2D eigenvalue weighted by atomic mass is 9.96. The summed E-state index contributed by atoms with van der Waals surface area (Å²) in [6.45, 7) is 7.32. The van der Waals surface area contributed by atoms with Crippen molar-refractivity contribution in [3.05, 3.63) is 71.9 Å². The van der Waals surface area contributed by atoms with Gasteiger partial charge >= 0.3 is 0 Å². The van der Waals surface area contributed by atoms with Crippen LogP contribution < -0.4 is 0 Å². The first kappa shape index (κ1) is 19.3. The second-order valence-electron chi connectivity index (χ2n) is 8.48. The summed E-state index contributed by atoms with van der Waals surface area (Å²) < 4.78 is 2.53. The van der Waals surface area contributed by atoms with Gasteiger partial charge < -0.3 is 9.47 Å². The maximum atomic E-state index is 2.68. The van der Waals surface area contributed by atoms with Crippen molar-refractivity contribution in [2.45, 2.75) is 52.0 Å². The Hall–Kier alpha value is -2.06. The van der Waals surface area contributed by atoms with Gasteiger partial charge in [0.1, 0.15) is 0 Å². The normalized spacial score (nSPS) is 16.0. The van der Waals surface area contributed by atoms with E-state index in [1.54, 1.807) is 0 Å². The average Bonchev–Trinajstić information content (AvgIpc) is 3.08. The molecule has 1 aliphatic heterocycles. The lowest BCUT2D eigenvalue weighted by Crippen LogP contribution is -2.35. The van der Waals surface area contributed by atoms with Crippen LogP contribution in [0.1, 0.15) is 50.2 Å². The van der Waals surface area contributed by atoms with E-state index in [1.807, 2.05) is 0 Å². The molecule has 0 bridgehead atoms. The van der Waals surface area contributed by atoms with Gasteiger partial charge in [0.2, 0.25) is 0 Å². The standard InChI is InChI=1S/C26H34N2/c1-2-3-9-16-27-17-14-23(15-18-27)20-28-21-24(19-22-10-5-4-6-11-22)25-12-7-8-13-26(25)28/h4-8,10-13,21,23H,2-3,9,14-20H2,1H3. The smallest absolute Gasteiger partial charge is 0.0483 e. The van der Waals surface area contributed by atoms with Gasteiger partial charge in [0, 0.05) is 23.6 Å². The van der Waals surface area contributed by atoms with Crippen LogP contribution in [0.5, 0.6) is 0 Å². The van der Waals surface area contributed by atoms with Crippen molar-refractivity contribution in [3.63, 3.8) is 0 Å². The average molecular weight is 375 g/mol. The Morgan fingerprint density at radius 3 is 2.43 bits per heavy atom. The Balaban J connectivity index is 1.43. The molecular formula is C26H34N2. The molecule has 148 valence electrons. The van der Waals surface area contributed by atoms with Crippen LogP contribution in [0.2, 0.25) is 0 Å². The van der Waals surface area contributed by atoms with Gasteiger partial charge in [0.05, 0.1) is 0 Å². The van der Waals surface area contributed by atoms with E-state index >= 15 is 0 Å². The number of hydrogen-bond donors (Lipinski definition) is 0. The molecule has 0 amide bonds. The molecule has 0 unspecified atom stereocenters. The summed E-state index contributed by atoms with van der Waals surface area (Å²) in [5.41, 5.74) is 4.25. The van der Waals surface area contributed by atoms with E-state index in [2.05, 4.69) is 77.2 Å². The molecule has 0 aliphatic carbocycles. The second-order valence-corrected chi connectivity index (χ2v) is 8.48. The van der Waals surface area contributed by atoms with E-state index in [-0.39, 0.29) is 0 Å². The van der Waals surface area contributed by atoms with E-state index in [0.717, 1.165) is 18.9 Å². The molecule has 2 heteroatoms. The minimum Gasteiger partial charge on any atom is -0.347 e. The van der Waals surface area contributed by atoms with E-state index in [0.29, 0.717) is 0 Å². The van der Waals surface area contributed by atoms with Crippen LogP contribution in [0.25, 0.3) is 10.9 Å². The van der Waals surface area contributed by atoms with Crippen molar-refractivity contribution in [2.75, 3.05) is 19.6 Å². The molecule has 4 rings (SSSR count). The van der Waals surface area contributed by atoms with Gasteiger partial charge in [-0.1, -0.05) is 68.3 Å². The van der Waals surface area contributed by atoms with Crippen LogP contribution in [0.4, 0.5) is 0 Å². The van der Waals surface area contributed by atoms with Crippen molar-refractivity contribution < 1.29 is 0 Å². The van der Waals surface area contributed by atoms with Gasteiger partial charge in [-0.25, -0.2) is 0 Å². The molecular weight excluding hydrogens is 340 g/mol. The van der Waals surface area contributed by atoms with Crippen molar-refractivity contribution in [1.29, 1.82) is 0 Å². The predicted molar refractivity (Wildman–Crippen MR) is 120 cm³/mol. The van der Waals surface area contributed by atoms with Crippen LogP contribution in [-0.2, 0) is 13.0 Å². The predicted octanol–water partition coefficient (Wildman–Crippen LogP) is 6.13. The lowest BCUT2D eigenvalue weighted by molar-refractivity contribution is 0.172. The first-order valence-electron chi connectivity index (χ1n) is 11.2. The van der Waals surface area contributed by atoms with Crippen molar-refractivity contribution in [1.82, 2.24) is 9.47 Å². The number of fused-ring (bicyclic) bond motifs is 1. The Labute approximate surface area is 170 Å². The van der Waals surface area contributed by atoms with Gasteiger partial charge in [0.25, 0.3) is 0 Å². The highest BCUT2D eigenvalue weighted by molar-refractivity contribution is 5.84. The Morgan fingerprint density at radius 1 is 0.893 bits per heavy atom. The number of benzene rings is 2. The summed E-state index contributed by atoms with van der Waals surface area (Å²) in [5, 5.41) is 1.42. The van der Waals surface area contributed by atoms with E-state index in [4.69, 9.17) is 0 Å². The summed E-state index contributed by atoms with van der Waals surface area (Å²) in [5.74, 6) is 0.808. The van der Waals surface area contributed by atoms with E-state index in [1.165, 1.54) is 73.8 Å². The number of para-hydroxylation sites is 1. The fourth-order valence-electron chi connectivity index (χ4n) is 4.69. The Bertz CT molecular complexity index is 857. The first-order chi connectivity index (χ1) is 13.8. The van der Waals surface area contributed by atoms with Gasteiger partial charge in [-0.2, -0.15) is 0 Å². The molecule has 2 heterocycles. The van der Waals surface area contributed by atoms with Crippen LogP contribution in [0.3, 0.4) is 0 Å². The molecule has 0 radical (unpaired) electrons. The number of hydrogen-bond acceptors (Lipinski definition) is 1. The van der Waals surface area contributed by atoms with Gasteiger partial charge in [-0.3, -0.25) is 0 Å². The molecule has 2 aromatic carbocycles. The summed E-state index contributed by atoms with van der Waals surface area (Å²) in [7, 11) is 0. The fraction of sp³-hybridized carbons (Fsp3) is 0.462. The summed E-state index contributed by atoms with van der Waals surface area (Å²) in [6.07, 6.45) is 10.2. The van der Waals surface area contributed by atoms with E-state index in [9.17, 15) is 0 Å². The number of likely N-dealkylation sites (tertiary alicyclic amines) is 1. The highest BCUT2D eigenvalue weighted by Gasteiger charge is 2.20. The number of rotatable bonds is 8. The number of nitrogens with zero attached hydrogens (tertiary/aromatic N) is 2. The summed E-state index contributed by atoms with van der Waals surface area (Å²) in [4.78, 5) is 2.68. The third-order valence-corrected chi connectivity index (χ3v) is 6.35. The second kappa shape index (κ2) is 9.43. The number of aromatic nitrogens is 1. The minimum absolute atomic E-state index is 0.808. The molecule has 0 saturated carbocycles. The Kier molecular flexibility index (Phi) is 6.49. The minimum atomic E-state index is 0.808. The highest BCUT2D eigenvalue weighted by Crippen LogP contribution is 2.27. The molecule has 2 nitrogen and oxygen atoms in total. The zero-order chi connectivity index (χ0) is 19.2. The maximum absolute atomic E-state index is 2.68. The van der Waals surface area contributed by atoms with Crippen LogP contribution >= 0.6 is 0 Å². The molecule has 3 aromatic rings. The molecule has 1 fully saturated rings. The quantitative estimate of drug-likeness (QED) is 0.430. The van der Waals surface area contributed by atoms with Crippen LogP contribution in [0.15, 0.2) is 60.8 Å². The fourth-order valence-corrected chi connectivity index (χ4v) is 4.69.